The van der Waals surface area contributed by atoms with Gasteiger partial charge in [0.15, 0.2) is 0 Å². The zero-order valence-corrected chi connectivity index (χ0v) is 33.1. The molecule has 0 saturated heterocycles. The molecule has 0 radical (unpaired) electrons. The minimum atomic E-state index is -4.31. The standard InChI is InChI=1S/C41H79O7P/c1-3-5-7-9-11-13-15-17-19-21-23-25-27-29-31-35-40(42)47-38-39(34-33-37-49(44,45)46)48-41(43)36-32-30-28-26-24-22-20-18-16-14-12-10-8-6-4-2/h33,37,39H,3-32,34-36,38H2,1-2H3,(H2,44,45,46)/b37-33-. The fourth-order valence-corrected chi connectivity index (χ4v) is 6.68. The molecular formula is C41H79O7P. The molecule has 2 N–H and O–H groups in total. The Morgan fingerprint density at radius 2 is 0.816 bits per heavy atom. The highest BCUT2D eigenvalue weighted by Gasteiger charge is 2.17. The molecule has 0 bridgehead atoms. The lowest BCUT2D eigenvalue weighted by atomic mass is 10.0. The third-order valence-electron chi connectivity index (χ3n) is 9.40. The summed E-state index contributed by atoms with van der Waals surface area (Å²) in [5, 5.41) is 0. The van der Waals surface area contributed by atoms with E-state index in [-0.39, 0.29) is 25.0 Å². The van der Waals surface area contributed by atoms with Gasteiger partial charge in [0.05, 0.1) is 0 Å². The molecule has 0 aliphatic heterocycles. The average Bonchev–Trinajstić information content (AvgIpc) is 3.06. The molecule has 0 fully saturated rings. The van der Waals surface area contributed by atoms with Gasteiger partial charge >= 0.3 is 19.5 Å². The van der Waals surface area contributed by atoms with E-state index in [0.717, 1.165) is 44.3 Å². The normalized spacial score (nSPS) is 12.5. The predicted octanol–water partition coefficient (Wildman–Crippen LogP) is 13.0. The van der Waals surface area contributed by atoms with Crippen LogP contribution in [0.1, 0.15) is 226 Å². The lowest BCUT2D eigenvalue weighted by Gasteiger charge is -2.17. The first-order valence-corrected chi connectivity index (χ1v) is 22.5. The third kappa shape index (κ3) is 39.5. The van der Waals surface area contributed by atoms with Crippen molar-refractivity contribution >= 4 is 19.5 Å². The summed E-state index contributed by atoms with van der Waals surface area (Å²) in [5.74, 6) is 0.125. The van der Waals surface area contributed by atoms with Crippen LogP contribution in [0, 0.1) is 0 Å². The molecule has 0 aliphatic carbocycles. The van der Waals surface area contributed by atoms with Gasteiger partial charge in [-0.3, -0.25) is 14.2 Å². The minimum Gasteiger partial charge on any atom is -0.462 e. The molecule has 0 heterocycles. The van der Waals surface area contributed by atoms with E-state index in [1.165, 1.54) is 160 Å². The van der Waals surface area contributed by atoms with Crippen molar-refractivity contribution in [3.63, 3.8) is 0 Å². The summed E-state index contributed by atoms with van der Waals surface area (Å²) in [6, 6.07) is 0. The highest BCUT2D eigenvalue weighted by Crippen LogP contribution is 2.36. The van der Waals surface area contributed by atoms with E-state index in [1.54, 1.807) is 0 Å². The van der Waals surface area contributed by atoms with Gasteiger partial charge in [0.25, 0.3) is 0 Å². The van der Waals surface area contributed by atoms with Crippen molar-refractivity contribution in [2.75, 3.05) is 6.61 Å². The van der Waals surface area contributed by atoms with Crippen molar-refractivity contribution < 1.29 is 33.4 Å². The largest absolute Gasteiger partial charge is 0.462 e. The molecule has 0 rings (SSSR count). The minimum absolute atomic E-state index is 0.0853. The number of carbonyl (C=O) groups is 2. The molecule has 290 valence electrons. The highest BCUT2D eigenvalue weighted by molar-refractivity contribution is 7.55. The molecule has 1 unspecified atom stereocenters. The summed E-state index contributed by atoms with van der Waals surface area (Å²) in [5.41, 5.74) is 0. The van der Waals surface area contributed by atoms with Gasteiger partial charge in [-0.15, -0.1) is 0 Å². The number of esters is 2. The quantitative estimate of drug-likeness (QED) is 0.0372. The highest BCUT2D eigenvalue weighted by atomic mass is 31.2. The first kappa shape index (κ1) is 47.8. The fourth-order valence-electron chi connectivity index (χ4n) is 6.28. The van der Waals surface area contributed by atoms with Gasteiger partial charge in [-0.25, -0.2) is 0 Å². The lowest BCUT2D eigenvalue weighted by Crippen LogP contribution is -2.25. The Bertz CT molecular complexity index is 810. The second-order valence-electron chi connectivity index (χ2n) is 14.4. The van der Waals surface area contributed by atoms with Gasteiger partial charge in [-0.2, -0.15) is 0 Å². The number of carbonyl (C=O) groups excluding carboxylic acids is 2. The zero-order valence-electron chi connectivity index (χ0n) is 32.2. The van der Waals surface area contributed by atoms with Crippen LogP contribution in [0.4, 0.5) is 0 Å². The fraction of sp³-hybridized carbons (Fsp3) is 0.902. The summed E-state index contributed by atoms with van der Waals surface area (Å²) >= 11 is 0. The number of hydrogen-bond acceptors (Lipinski definition) is 5. The van der Waals surface area contributed by atoms with Gasteiger partial charge in [-0.05, 0) is 12.8 Å². The molecule has 0 spiro atoms. The first-order valence-electron chi connectivity index (χ1n) is 20.9. The van der Waals surface area contributed by atoms with Crippen molar-refractivity contribution in [2.45, 2.75) is 232 Å². The summed E-state index contributed by atoms with van der Waals surface area (Å²) < 4.78 is 22.1. The van der Waals surface area contributed by atoms with Crippen molar-refractivity contribution in [1.82, 2.24) is 0 Å². The van der Waals surface area contributed by atoms with E-state index < -0.39 is 13.7 Å². The number of hydrogen-bond donors (Lipinski definition) is 2. The van der Waals surface area contributed by atoms with Crippen LogP contribution >= 0.6 is 7.60 Å². The van der Waals surface area contributed by atoms with Crippen molar-refractivity contribution in [3.8, 4) is 0 Å². The van der Waals surface area contributed by atoms with Crippen LogP contribution in [0.15, 0.2) is 11.9 Å². The maximum atomic E-state index is 12.5. The lowest BCUT2D eigenvalue weighted by molar-refractivity contribution is -0.159. The Morgan fingerprint density at radius 3 is 1.14 bits per heavy atom. The van der Waals surface area contributed by atoms with Gasteiger partial charge < -0.3 is 19.3 Å². The van der Waals surface area contributed by atoms with Crippen LogP contribution in [0.3, 0.4) is 0 Å². The molecule has 0 aromatic carbocycles. The monoisotopic (exact) mass is 715 g/mol. The van der Waals surface area contributed by atoms with Gasteiger partial charge in [0.1, 0.15) is 12.7 Å². The number of ether oxygens (including phenoxy) is 2. The molecule has 0 aromatic heterocycles. The van der Waals surface area contributed by atoms with Crippen LogP contribution < -0.4 is 0 Å². The molecule has 1 atom stereocenters. The van der Waals surface area contributed by atoms with Gasteiger partial charge in [-0.1, -0.05) is 200 Å². The van der Waals surface area contributed by atoms with Crippen LogP contribution in [-0.2, 0) is 23.6 Å². The molecule has 49 heavy (non-hydrogen) atoms. The second kappa shape index (κ2) is 36.6. The maximum Gasteiger partial charge on any atom is 0.348 e. The van der Waals surface area contributed by atoms with Crippen LogP contribution in [0.2, 0.25) is 0 Å². The first-order chi connectivity index (χ1) is 23.8. The molecule has 0 aliphatic rings. The summed E-state index contributed by atoms with van der Waals surface area (Å²) in [4.78, 5) is 43.1. The van der Waals surface area contributed by atoms with E-state index >= 15 is 0 Å². The smallest absolute Gasteiger partial charge is 0.348 e. The Balaban J connectivity index is 3.97. The van der Waals surface area contributed by atoms with E-state index in [2.05, 4.69) is 13.8 Å². The number of unbranched alkanes of at least 4 members (excludes halogenated alkanes) is 28. The van der Waals surface area contributed by atoms with E-state index in [0.29, 0.717) is 12.8 Å². The van der Waals surface area contributed by atoms with Crippen LogP contribution in [0.5, 0.6) is 0 Å². The van der Waals surface area contributed by atoms with Gasteiger partial charge in [0, 0.05) is 25.1 Å². The second-order valence-corrected chi connectivity index (χ2v) is 15.9. The van der Waals surface area contributed by atoms with Crippen molar-refractivity contribution in [2.24, 2.45) is 0 Å². The SMILES string of the molecule is CCCCCCCCCCCCCCCCCC(=O)OCC(C/C=C\P(=O)(O)O)OC(=O)CCCCCCCCCCCCCCCCC. The average molecular weight is 715 g/mol. The van der Waals surface area contributed by atoms with Gasteiger partial charge in [0.2, 0.25) is 0 Å². The summed E-state index contributed by atoms with van der Waals surface area (Å²) in [6.45, 7) is 4.42. The molecule has 0 saturated carbocycles. The Morgan fingerprint density at radius 1 is 0.510 bits per heavy atom. The Kier molecular flexibility index (Phi) is 35.7. The molecule has 8 heteroatoms. The third-order valence-corrected chi connectivity index (χ3v) is 10.00. The van der Waals surface area contributed by atoms with Crippen molar-refractivity contribution in [1.29, 1.82) is 0 Å². The van der Waals surface area contributed by atoms with Crippen LogP contribution in [-0.4, -0.2) is 34.4 Å². The van der Waals surface area contributed by atoms with Crippen LogP contribution in [0.25, 0.3) is 0 Å². The van der Waals surface area contributed by atoms with E-state index in [4.69, 9.17) is 19.3 Å². The molecule has 7 nitrogen and oxygen atoms in total. The Hall–Kier alpha value is -1.17. The predicted molar refractivity (Wildman–Crippen MR) is 206 cm³/mol. The summed E-state index contributed by atoms with van der Waals surface area (Å²) in [7, 11) is -4.31. The topological polar surface area (TPSA) is 110 Å². The van der Waals surface area contributed by atoms with E-state index in [9.17, 15) is 14.2 Å². The molecular weight excluding hydrogens is 635 g/mol. The summed E-state index contributed by atoms with van der Waals surface area (Å²) in [6.07, 6.45) is 39.0. The maximum absolute atomic E-state index is 12.5. The van der Waals surface area contributed by atoms with Crippen molar-refractivity contribution in [3.05, 3.63) is 11.9 Å². The molecule has 0 amide bonds. The number of rotatable bonds is 38. The zero-order chi connectivity index (χ0) is 36.1. The Labute approximate surface area is 302 Å². The van der Waals surface area contributed by atoms with E-state index in [1.807, 2.05) is 0 Å². The molecule has 0 aromatic rings.